The minimum Gasteiger partial charge on any atom is -0.433 e. The standard InChI is InChI=1S/C18H16F3NO3/c1-3-24-17(23)25-22-12(2)15-6-4-5-7-16(15)13-8-10-14(11-9-13)18(19,20)21/h4-11H,3H2,1-2H3/b22-12+. The molecule has 0 amide bonds. The van der Waals surface area contributed by atoms with Gasteiger partial charge in [0.2, 0.25) is 0 Å². The lowest BCUT2D eigenvalue weighted by atomic mass is 9.96. The van der Waals surface area contributed by atoms with Crippen LogP contribution >= 0.6 is 0 Å². The average molecular weight is 351 g/mol. The molecular formula is C18H16F3NO3. The van der Waals surface area contributed by atoms with Crippen LogP contribution in [0.4, 0.5) is 18.0 Å². The molecule has 2 aromatic carbocycles. The zero-order valence-electron chi connectivity index (χ0n) is 13.6. The second-order valence-electron chi connectivity index (χ2n) is 5.07. The summed E-state index contributed by atoms with van der Waals surface area (Å²) in [5, 5.41) is 3.72. The van der Waals surface area contributed by atoms with E-state index in [0.717, 1.165) is 12.1 Å². The summed E-state index contributed by atoms with van der Waals surface area (Å²) < 4.78 is 42.7. The Morgan fingerprint density at radius 1 is 1.08 bits per heavy atom. The third-order valence-corrected chi connectivity index (χ3v) is 3.36. The third kappa shape index (κ3) is 4.82. The summed E-state index contributed by atoms with van der Waals surface area (Å²) in [5.41, 5.74) is 1.57. The Bertz CT molecular complexity index is 768. The molecule has 0 saturated heterocycles. The van der Waals surface area contributed by atoms with Gasteiger partial charge in [-0.25, -0.2) is 4.79 Å². The van der Waals surface area contributed by atoms with Gasteiger partial charge in [0.1, 0.15) is 0 Å². The van der Waals surface area contributed by atoms with Gasteiger partial charge in [-0.15, -0.1) is 0 Å². The summed E-state index contributed by atoms with van der Waals surface area (Å²) in [4.78, 5) is 15.8. The number of hydrogen-bond donors (Lipinski definition) is 0. The number of carbonyl (C=O) groups excluding carboxylic acids is 1. The summed E-state index contributed by atoms with van der Waals surface area (Å²) in [6, 6.07) is 11.8. The summed E-state index contributed by atoms with van der Waals surface area (Å²) in [7, 11) is 0. The number of nitrogens with zero attached hydrogens (tertiary/aromatic N) is 1. The first-order valence-electron chi connectivity index (χ1n) is 7.48. The van der Waals surface area contributed by atoms with E-state index in [1.807, 2.05) is 0 Å². The van der Waals surface area contributed by atoms with Crippen molar-refractivity contribution in [3.63, 3.8) is 0 Å². The molecule has 0 atom stereocenters. The maximum absolute atomic E-state index is 12.7. The number of halogens is 3. The molecule has 0 N–H and O–H groups in total. The van der Waals surface area contributed by atoms with Gasteiger partial charge in [-0.2, -0.15) is 13.2 Å². The van der Waals surface area contributed by atoms with Crippen LogP contribution in [0, 0.1) is 0 Å². The summed E-state index contributed by atoms with van der Waals surface area (Å²) in [6.45, 7) is 3.43. The van der Waals surface area contributed by atoms with Crippen molar-refractivity contribution in [2.75, 3.05) is 6.61 Å². The van der Waals surface area contributed by atoms with Crippen molar-refractivity contribution < 1.29 is 27.5 Å². The fourth-order valence-corrected chi connectivity index (χ4v) is 2.19. The molecule has 0 aliphatic carbocycles. The van der Waals surface area contributed by atoms with Crippen molar-refractivity contribution in [2.24, 2.45) is 5.16 Å². The summed E-state index contributed by atoms with van der Waals surface area (Å²) in [6.07, 6.45) is -5.31. The maximum Gasteiger partial charge on any atom is 0.535 e. The zero-order valence-corrected chi connectivity index (χ0v) is 13.6. The van der Waals surface area contributed by atoms with Crippen molar-refractivity contribution in [1.29, 1.82) is 0 Å². The highest BCUT2D eigenvalue weighted by molar-refractivity contribution is 6.04. The average Bonchev–Trinajstić information content (AvgIpc) is 2.59. The smallest absolute Gasteiger partial charge is 0.433 e. The molecule has 2 aromatic rings. The molecule has 0 unspecified atom stereocenters. The lowest BCUT2D eigenvalue weighted by Gasteiger charge is -2.11. The molecular weight excluding hydrogens is 335 g/mol. The lowest BCUT2D eigenvalue weighted by molar-refractivity contribution is -0.137. The Kier molecular flexibility index (Phi) is 5.80. The van der Waals surface area contributed by atoms with Crippen molar-refractivity contribution in [3.8, 4) is 11.1 Å². The first kappa shape index (κ1) is 18.5. The van der Waals surface area contributed by atoms with Crippen molar-refractivity contribution in [3.05, 3.63) is 59.7 Å². The molecule has 0 aromatic heterocycles. The van der Waals surface area contributed by atoms with E-state index in [2.05, 4.69) is 14.7 Å². The predicted molar refractivity (Wildman–Crippen MR) is 87.2 cm³/mol. The second kappa shape index (κ2) is 7.83. The molecule has 0 saturated carbocycles. The van der Waals surface area contributed by atoms with Gasteiger partial charge < -0.3 is 4.74 Å². The van der Waals surface area contributed by atoms with Gasteiger partial charge in [-0.3, -0.25) is 4.84 Å². The Morgan fingerprint density at radius 3 is 2.32 bits per heavy atom. The van der Waals surface area contributed by atoms with Gasteiger partial charge in [-0.05, 0) is 37.1 Å². The topological polar surface area (TPSA) is 47.9 Å². The molecule has 0 spiro atoms. The van der Waals surface area contributed by atoms with E-state index >= 15 is 0 Å². The summed E-state index contributed by atoms with van der Waals surface area (Å²) in [5.74, 6) is 0. The quantitative estimate of drug-likeness (QED) is 0.326. The minimum atomic E-state index is -4.39. The van der Waals surface area contributed by atoms with Crippen LogP contribution in [0.15, 0.2) is 53.7 Å². The van der Waals surface area contributed by atoms with Crippen molar-refractivity contribution in [2.45, 2.75) is 20.0 Å². The number of rotatable bonds is 4. The molecule has 0 heterocycles. The second-order valence-corrected chi connectivity index (χ2v) is 5.07. The van der Waals surface area contributed by atoms with Crippen LogP contribution in [0.2, 0.25) is 0 Å². The number of benzene rings is 2. The van der Waals surface area contributed by atoms with Gasteiger partial charge in [0.05, 0.1) is 17.9 Å². The molecule has 0 aliphatic rings. The van der Waals surface area contributed by atoms with Gasteiger partial charge in [0, 0.05) is 5.56 Å². The maximum atomic E-state index is 12.7. The molecule has 25 heavy (non-hydrogen) atoms. The van der Waals surface area contributed by atoms with Crippen LogP contribution in [-0.2, 0) is 15.8 Å². The first-order valence-corrected chi connectivity index (χ1v) is 7.48. The Morgan fingerprint density at radius 2 is 1.72 bits per heavy atom. The Labute approximate surface area is 142 Å². The Hall–Kier alpha value is -2.83. The third-order valence-electron chi connectivity index (χ3n) is 3.36. The fourth-order valence-electron chi connectivity index (χ4n) is 2.19. The van der Waals surface area contributed by atoms with Crippen molar-refractivity contribution in [1.82, 2.24) is 0 Å². The predicted octanol–water partition coefficient (Wildman–Crippen LogP) is 5.27. The van der Waals surface area contributed by atoms with Gasteiger partial charge in [0.15, 0.2) is 0 Å². The molecule has 2 rings (SSSR count). The fraction of sp³-hybridized carbons (Fsp3) is 0.222. The largest absolute Gasteiger partial charge is 0.535 e. The van der Waals surface area contributed by atoms with E-state index in [1.54, 1.807) is 38.1 Å². The van der Waals surface area contributed by atoms with E-state index in [-0.39, 0.29) is 6.61 Å². The van der Waals surface area contributed by atoms with Gasteiger partial charge >= 0.3 is 12.3 Å². The van der Waals surface area contributed by atoms with Crippen LogP contribution in [0.5, 0.6) is 0 Å². The van der Waals surface area contributed by atoms with Crippen LogP contribution in [-0.4, -0.2) is 18.5 Å². The van der Waals surface area contributed by atoms with Crippen LogP contribution in [0.1, 0.15) is 25.0 Å². The number of hydrogen-bond acceptors (Lipinski definition) is 4. The van der Waals surface area contributed by atoms with Gasteiger partial charge in [0.25, 0.3) is 0 Å². The minimum absolute atomic E-state index is 0.162. The van der Waals surface area contributed by atoms with Crippen LogP contribution in [0.25, 0.3) is 11.1 Å². The SMILES string of the molecule is CCOC(=O)O/N=C(\C)c1ccccc1-c1ccc(C(F)(F)F)cc1. The van der Waals surface area contributed by atoms with E-state index in [0.29, 0.717) is 22.4 Å². The molecule has 0 aliphatic heterocycles. The highest BCUT2D eigenvalue weighted by Crippen LogP contribution is 2.32. The van der Waals surface area contributed by atoms with Gasteiger partial charge in [-0.1, -0.05) is 41.6 Å². The zero-order chi connectivity index (χ0) is 18.4. The highest BCUT2D eigenvalue weighted by atomic mass is 19.4. The monoisotopic (exact) mass is 351 g/mol. The van der Waals surface area contributed by atoms with Crippen LogP contribution in [0.3, 0.4) is 0 Å². The molecule has 132 valence electrons. The number of carbonyl (C=O) groups is 1. The number of oxime groups is 1. The normalized spacial score (nSPS) is 12.0. The Balaban J connectivity index is 2.31. The number of ether oxygens (including phenoxy) is 1. The van der Waals surface area contributed by atoms with Crippen LogP contribution < -0.4 is 0 Å². The first-order chi connectivity index (χ1) is 11.8. The molecule has 0 bridgehead atoms. The van der Waals surface area contributed by atoms with E-state index < -0.39 is 17.9 Å². The molecule has 7 heteroatoms. The van der Waals surface area contributed by atoms with E-state index in [4.69, 9.17) is 0 Å². The van der Waals surface area contributed by atoms with E-state index in [1.165, 1.54) is 12.1 Å². The molecule has 4 nitrogen and oxygen atoms in total. The molecule has 0 fully saturated rings. The van der Waals surface area contributed by atoms with Crippen molar-refractivity contribution >= 4 is 11.9 Å². The molecule has 0 radical (unpaired) electrons. The summed E-state index contributed by atoms with van der Waals surface area (Å²) >= 11 is 0. The lowest BCUT2D eigenvalue weighted by Crippen LogP contribution is -2.06. The van der Waals surface area contributed by atoms with E-state index in [9.17, 15) is 18.0 Å². The highest BCUT2D eigenvalue weighted by Gasteiger charge is 2.30. The number of alkyl halides is 3.